The van der Waals surface area contributed by atoms with E-state index in [1.54, 1.807) is 36.4 Å². The van der Waals surface area contributed by atoms with Crippen LogP contribution in [0.5, 0.6) is 0 Å². The molecule has 2 rings (SSSR count). The second kappa shape index (κ2) is 3.38. The van der Waals surface area contributed by atoms with Gasteiger partial charge >= 0.3 is 5.97 Å². The number of rotatable bonds is 2. The zero-order valence-electron chi connectivity index (χ0n) is 7.23. The number of carbonyl (C=O) groups is 1. The molecule has 0 saturated heterocycles. The molecule has 3 nitrogen and oxygen atoms in total. The number of carboxylic acid groups (broad SMARTS) is 1. The SMILES string of the molecule is O=C(O)c1ccc(-c2cc[c]o2)cc1. The molecule has 0 spiro atoms. The third-order valence-electron chi connectivity index (χ3n) is 1.89. The van der Waals surface area contributed by atoms with Crippen LogP contribution in [-0.2, 0) is 0 Å². The van der Waals surface area contributed by atoms with Crippen LogP contribution < -0.4 is 0 Å². The van der Waals surface area contributed by atoms with Crippen molar-refractivity contribution in [3.8, 4) is 11.3 Å². The number of hydrogen-bond acceptors (Lipinski definition) is 2. The number of aromatic carboxylic acids is 1. The molecule has 3 heteroatoms. The van der Waals surface area contributed by atoms with Crippen LogP contribution >= 0.6 is 0 Å². The van der Waals surface area contributed by atoms with Gasteiger partial charge in [-0.15, -0.1) is 0 Å². The van der Waals surface area contributed by atoms with Crippen molar-refractivity contribution in [2.75, 3.05) is 0 Å². The largest absolute Gasteiger partial charge is 0.478 e. The first-order chi connectivity index (χ1) is 6.77. The normalized spacial score (nSPS) is 10.0. The number of benzene rings is 1. The second-order valence-electron chi connectivity index (χ2n) is 2.80. The Labute approximate surface area is 80.6 Å². The van der Waals surface area contributed by atoms with Crippen molar-refractivity contribution in [3.63, 3.8) is 0 Å². The lowest BCUT2D eigenvalue weighted by Gasteiger charge is -1.97. The minimum absolute atomic E-state index is 0.268. The maximum Gasteiger partial charge on any atom is 0.335 e. The van der Waals surface area contributed by atoms with Crippen LogP contribution in [0.25, 0.3) is 11.3 Å². The van der Waals surface area contributed by atoms with E-state index in [0.29, 0.717) is 5.76 Å². The molecular weight excluding hydrogens is 180 g/mol. The Balaban J connectivity index is 2.36. The lowest BCUT2D eigenvalue weighted by Crippen LogP contribution is -1.94. The molecule has 0 amide bonds. The van der Waals surface area contributed by atoms with Crippen LogP contribution in [0.3, 0.4) is 0 Å². The number of furan rings is 1. The van der Waals surface area contributed by atoms with Crippen molar-refractivity contribution >= 4 is 5.97 Å². The first-order valence-corrected chi connectivity index (χ1v) is 4.07. The van der Waals surface area contributed by atoms with E-state index in [0.717, 1.165) is 5.56 Å². The van der Waals surface area contributed by atoms with E-state index < -0.39 is 5.97 Å². The molecular formula is C11H7O3. The minimum Gasteiger partial charge on any atom is -0.478 e. The zero-order valence-corrected chi connectivity index (χ0v) is 7.23. The summed E-state index contributed by atoms with van der Waals surface area (Å²) >= 11 is 0. The molecule has 0 aliphatic heterocycles. The fraction of sp³-hybridized carbons (Fsp3) is 0. The summed E-state index contributed by atoms with van der Waals surface area (Å²) in [5, 5.41) is 8.68. The highest BCUT2D eigenvalue weighted by Crippen LogP contribution is 2.19. The van der Waals surface area contributed by atoms with E-state index in [1.165, 1.54) is 0 Å². The number of carboxylic acids is 1. The van der Waals surface area contributed by atoms with Gasteiger partial charge in [-0.3, -0.25) is 0 Å². The summed E-state index contributed by atoms with van der Waals surface area (Å²) < 4.78 is 5.05. The Morgan fingerprint density at radius 2 is 1.93 bits per heavy atom. The van der Waals surface area contributed by atoms with Gasteiger partial charge in [-0.1, -0.05) is 12.1 Å². The van der Waals surface area contributed by atoms with Crippen molar-refractivity contribution in [3.05, 3.63) is 48.2 Å². The lowest BCUT2D eigenvalue weighted by atomic mass is 10.1. The lowest BCUT2D eigenvalue weighted by molar-refractivity contribution is 0.0697. The van der Waals surface area contributed by atoms with Gasteiger partial charge in [0.2, 0.25) is 0 Å². The van der Waals surface area contributed by atoms with Crippen molar-refractivity contribution in [2.45, 2.75) is 0 Å². The van der Waals surface area contributed by atoms with Crippen molar-refractivity contribution in [1.82, 2.24) is 0 Å². The predicted molar refractivity (Wildman–Crippen MR) is 49.9 cm³/mol. The molecule has 69 valence electrons. The second-order valence-corrected chi connectivity index (χ2v) is 2.80. The third kappa shape index (κ3) is 1.52. The smallest absolute Gasteiger partial charge is 0.335 e. The Bertz CT molecular complexity index is 426. The molecule has 0 fully saturated rings. The topological polar surface area (TPSA) is 50.4 Å². The Morgan fingerprint density at radius 3 is 2.43 bits per heavy atom. The maximum atomic E-state index is 10.6. The molecule has 1 aromatic heterocycles. The molecule has 1 heterocycles. The Kier molecular flexibility index (Phi) is 2.07. The van der Waals surface area contributed by atoms with E-state index in [-0.39, 0.29) is 5.56 Å². The summed E-state index contributed by atoms with van der Waals surface area (Å²) in [5.74, 6) is -0.246. The van der Waals surface area contributed by atoms with Crippen LogP contribution in [0.4, 0.5) is 0 Å². The van der Waals surface area contributed by atoms with Gasteiger partial charge in [-0.25, -0.2) is 4.79 Å². The van der Waals surface area contributed by atoms with Gasteiger partial charge in [0.05, 0.1) is 5.56 Å². The van der Waals surface area contributed by atoms with Gasteiger partial charge in [0, 0.05) is 5.56 Å². The highest BCUT2D eigenvalue weighted by molar-refractivity contribution is 5.88. The van der Waals surface area contributed by atoms with Gasteiger partial charge in [-0.2, -0.15) is 0 Å². The number of hydrogen-bond donors (Lipinski definition) is 1. The molecule has 1 radical (unpaired) electrons. The first-order valence-electron chi connectivity index (χ1n) is 4.07. The highest BCUT2D eigenvalue weighted by Gasteiger charge is 2.04. The summed E-state index contributed by atoms with van der Waals surface area (Å²) in [6.45, 7) is 0. The minimum atomic E-state index is -0.928. The van der Waals surface area contributed by atoms with Gasteiger partial charge in [-0.05, 0) is 24.3 Å². The quantitative estimate of drug-likeness (QED) is 0.785. The molecule has 2 aromatic rings. The summed E-state index contributed by atoms with van der Waals surface area (Å²) in [6.07, 6.45) is 2.57. The zero-order chi connectivity index (χ0) is 9.97. The van der Waals surface area contributed by atoms with E-state index in [1.807, 2.05) is 0 Å². The van der Waals surface area contributed by atoms with Crippen LogP contribution in [0.2, 0.25) is 0 Å². The van der Waals surface area contributed by atoms with Gasteiger partial charge in [0.25, 0.3) is 0 Å². The van der Waals surface area contributed by atoms with Crippen LogP contribution in [0.1, 0.15) is 10.4 Å². The molecule has 1 aromatic carbocycles. The van der Waals surface area contributed by atoms with Gasteiger partial charge < -0.3 is 9.52 Å². The summed E-state index contributed by atoms with van der Waals surface area (Å²) in [5.41, 5.74) is 1.11. The third-order valence-corrected chi connectivity index (χ3v) is 1.89. The van der Waals surface area contributed by atoms with E-state index in [2.05, 4.69) is 6.26 Å². The molecule has 0 atom stereocenters. The summed E-state index contributed by atoms with van der Waals surface area (Å²) in [6, 6.07) is 9.93. The van der Waals surface area contributed by atoms with E-state index in [9.17, 15) is 4.79 Å². The molecule has 0 saturated carbocycles. The fourth-order valence-electron chi connectivity index (χ4n) is 1.17. The average Bonchev–Trinajstić information content (AvgIpc) is 2.71. The summed E-state index contributed by atoms with van der Waals surface area (Å²) in [7, 11) is 0. The maximum absolute atomic E-state index is 10.6. The Morgan fingerprint density at radius 1 is 1.21 bits per heavy atom. The monoisotopic (exact) mass is 187 g/mol. The van der Waals surface area contributed by atoms with Crippen molar-refractivity contribution < 1.29 is 14.3 Å². The molecule has 0 aliphatic carbocycles. The van der Waals surface area contributed by atoms with Crippen LogP contribution in [0.15, 0.2) is 40.8 Å². The van der Waals surface area contributed by atoms with E-state index >= 15 is 0 Å². The molecule has 1 N–H and O–H groups in total. The van der Waals surface area contributed by atoms with Crippen molar-refractivity contribution in [2.24, 2.45) is 0 Å². The highest BCUT2D eigenvalue weighted by atomic mass is 16.4. The average molecular weight is 187 g/mol. The van der Waals surface area contributed by atoms with Crippen LogP contribution in [0, 0.1) is 6.26 Å². The summed E-state index contributed by atoms with van der Waals surface area (Å²) in [4.78, 5) is 10.6. The van der Waals surface area contributed by atoms with Crippen LogP contribution in [-0.4, -0.2) is 11.1 Å². The molecule has 0 aliphatic rings. The molecule has 0 unspecified atom stereocenters. The van der Waals surface area contributed by atoms with Crippen molar-refractivity contribution in [1.29, 1.82) is 0 Å². The fourth-order valence-corrected chi connectivity index (χ4v) is 1.17. The first kappa shape index (κ1) is 8.56. The van der Waals surface area contributed by atoms with E-state index in [4.69, 9.17) is 9.52 Å². The van der Waals surface area contributed by atoms with Gasteiger partial charge in [0.1, 0.15) is 5.76 Å². The molecule has 14 heavy (non-hydrogen) atoms. The molecule has 0 bridgehead atoms. The Hall–Kier alpha value is -2.03. The standard InChI is InChI=1S/C11H7O3/c12-11(13)9-5-3-8(4-6-9)10-2-1-7-14-10/h1-6H,(H,12,13). The predicted octanol–water partition coefficient (Wildman–Crippen LogP) is 2.44. The van der Waals surface area contributed by atoms with Gasteiger partial charge in [0.15, 0.2) is 6.26 Å².